The molecule has 0 fully saturated rings. The van der Waals surface area contributed by atoms with Crippen LogP contribution in [0.25, 0.3) is 0 Å². The average molecular weight is 188 g/mol. The lowest BCUT2D eigenvalue weighted by Crippen LogP contribution is -2.42. The van der Waals surface area contributed by atoms with Crippen LogP contribution in [0, 0.1) is 0 Å². The van der Waals surface area contributed by atoms with Crippen molar-refractivity contribution in [3.8, 4) is 0 Å². The smallest absolute Gasteiger partial charge is 0.291 e. The van der Waals surface area contributed by atoms with Crippen LogP contribution in [0.15, 0.2) is 23.3 Å². The van der Waals surface area contributed by atoms with E-state index in [-0.39, 0.29) is 6.03 Å². The van der Waals surface area contributed by atoms with E-state index >= 15 is 0 Å². The Morgan fingerprint density at radius 3 is 3.36 bits per heavy atom. The molecule has 5 heteroatoms. The lowest BCUT2D eigenvalue weighted by atomic mass is 10.2. The van der Waals surface area contributed by atoms with Gasteiger partial charge in [-0.15, -0.1) is 0 Å². The van der Waals surface area contributed by atoms with Gasteiger partial charge in [0.15, 0.2) is 0 Å². The van der Waals surface area contributed by atoms with E-state index in [2.05, 4.69) is 15.3 Å². The van der Waals surface area contributed by atoms with Gasteiger partial charge in [-0.1, -0.05) is 0 Å². The lowest BCUT2D eigenvalue weighted by molar-refractivity contribution is 0.235. The van der Waals surface area contributed by atoms with Crippen molar-refractivity contribution >= 4 is 17.7 Å². The minimum Gasteiger partial charge on any atom is -0.291 e. The summed E-state index contributed by atoms with van der Waals surface area (Å²) in [6, 6.07) is 3.63. The second-order valence-electron chi connectivity index (χ2n) is 3.19. The number of nitrogens with zero attached hydrogens (tertiary/aromatic N) is 3. The molecule has 3 rings (SSSR count). The molecule has 0 bridgehead atoms. The Bertz CT molecular complexity index is 440. The van der Waals surface area contributed by atoms with Gasteiger partial charge in [-0.2, -0.15) is 0 Å². The molecule has 70 valence electrons. The highest BCUT2D eigenvalue weighted by Crippen LogP contribution is 2.23. The number of nitrogens with one attached hydrogen (secondary N) is 1. The molecule has 2 amide bonds. The van der Waals surface area contributed by atoms with Gasteiger partial charge in [-0.3, -0.25) is 15.2 Å². The summed E-state index contributed by atoms with van der Waals surface area (Å²) in [6.07, 6.45) is 1.66. The Kier molecular flexibility index (Phi) is 1.36. The SMILES string of the molecule is O=C1Nc2ncccc2C2=NCCN12. The third-order valence-electron chi connectivity index (χ3n) is 2.36. The molecule has 3 heterocycles. The third kappa shape index (κ3) is 0.863. The lowest BCUT2D eigenvalue weighted by Gasteiger charge is -2.25. The van der Waals surface area contributed by atoms with Crippen LogP contribution in [0.3, 0.4) is 0 Å². The Morgan fingerprint density at radius 2 is 2.43 bits per heavy atom. The number of urea groups is 1. The van der Waals surface area contributed by atoms with Crippen LogP contribution < -0.4 is 5.32 Å². The minimum absolute atomic E-state index is 0.132. The molecule has 0 atom stereocenters. The number of amides is 2. The fourth-order valence-electron chi connectivity index (χ4n) is 1.73. The normalized spacial score (nSPS) is 18.4. The first-order valence-corrected chi connectivity index (χ1v) is 4.44. The zero-order valence-electron chi connectivity index (χ0n) is 7.40. The number of rotatable bonds is 0. The molecule has 0 unspecified atom stereocenters. The molecule has 5 nitrogen and oxygen atoms in total. The zero-order chi connectivity index (χ0) is 9.54. The van der Waals surface area contributed by atoms with Gasteiger partial charge >= 0.3 is 6.03 Å². The summed E-state index contributed by atoms with van der Waals surface area (Å²) in [7, 11) is 0. The highest BCUT2D eigenvalue weighted by Gasteiger charge is 2.31. The maximum absolute atomic E-state index is 11.5. The van der Waals surface area contributed by atoms with Crippen LogP contribution >= 0.6 is 0 Å². The number of carbonyl (C=O) groups is 1. The van der Waals surface area contributed by atoms with Crippen molar-refractivity contribution < 1.29 is 4.79 Å². The molecule has 0 aromatic carbocycles. The fourth-order valence-corrected chi connectivity index (χ4v) is 1.73. The molecule has 0 saturated heterocycles. The van der Waals surface area contributed by atoms with E-state index < -0.39 is 0 Å². The molecule has 2 aliphatic heterocycles. The Balaban J connectivity index is 2.20. The van der Waals surface area contributed by atoms with Gasteiger partial charge in [0.2, 0.25) is 0 Å². The van der Waals surface area contributed by atoms with Crippen LogP contribution in [0.4, 0.5) is 10.6 Å². The summed E-state index contributed by atoms with van der Waals surface area (Å²) in [5.41, 5.74) is 0.907. The van der Waals surface area contributed by atoms with Crippen molar-refractivity contribution in [2.45, 2.75) is 0 Å². The van der Waals surface area contributed by atoms with Gasteiger partial charge < -0.3 is 0 Å². The standard InChI is InChI=1S/C9H8N4O/c14-9-12-7-6(2-1-3-10-7)8-11-4-5-13(8)9/h1-3H,4-5H2,(H,10,12,14). The van der Waals surface area contributed by atoms with Crippen molar-refractivity contribution in [1.29, 1.82) is 0 Å². The van der Waals surface area contributed by atoms with Crippen molar-refractivity contribution in [2.75, 3.05) is 18.4 Å². The van der Waals surface area contributed by atoms with E-state index in [0.29, 0.717) is 18.9 Å². The number of anilines is 1. The van der Waals surface area contributed by atoms with Crippen LogP contribution in [-0.4, -0.2) is 34.8 Å². The van der Waals surface area contributed by atoms with E-state index in [1.165, 1.54) is 0 Å². The van der Waals surface area contributed by atoms with Gasteiger partial charge in [0, 0.05) is 12.7 Å². The molecule has 1 aromatic heterocycles. The molecule has 0 saturated carbocycles. The van der Waals surface area contributed by atoms with Crippen molar-refractivity contribution in [3.05, 3.63) is 23.9 Å². The molecule has 14 heavy (non-hydrogen) atoms. The van der Waals surface area contributed by atoms with Crippen LogP contribution in [-0.2, 0) is 0 Å². The quantitative estimate of drug-likeness (QED) is 0.651. The zero-order valence-corrected chi connectivity index (χ0v) is 7.40. The van der Waals surface area contributed by atoms with Crippen molar-refractivity contribution in [2.24, 2.45) is 4.99 Å². The minimum atomic E-state index is -0.132. The summed E-state index contributed by atoms with van der Waals surface area (Å²) in [5.74, 6) is 1.35. The van der Waals surface area contributed by atoms with Gasteiger partial charge in [0.1, 0.15) is 11.7 Å². The predicted molar refractivity (Wildman–Crippen MR) is 51.4 cm³/mol. The monoisotopic (exact) mass is 188 g/mol. The van der Waals surface area contributed by atoms with Gasteiger partial charge in [-0.25, -0.2) is 9.78 Å². The maximum atomic E-state index is 11.5. The molecular weight excluding hydrogens is 180 g/mol. The average Bonchev–Trinajstić information content (AvgIpc) is 2.67. The summed E-state index contributed by atoms with van der Waals surface area (Å²) in [5, 5.41) is 2.73. The van der Waals surface area contributed by atoms with E-state index in [1.54, 1.807) is 11.1 Å². The van der Waals surface area contributed by atoms with Crippen molar-refractivity contribution in [3.63, 3.8) is 0 Å². The van der Waals surface area contributed by atoms with E-state index in [0.717, 1.165) is 11.4 Å². The number of fused-ring (bicyclic) bond motifs is 3. The molecule has 0 spiro atoms. The van der Waals surface area contributed by atoms with Crippen molar-refractivity contribution in [1.82, 2.24) is 9.88 Å². The number of pyridine rings is 1. The second-order valence-corrected chi connectivity index (χ2v) is 3.19. The number of hydrogen-bond donors (Lipinski definition) is 1. The van der Waals surface area contributed by atoms with Gasteiger partial charge in [0.25, 0.3) is 0 Å². The van der Waals surface area contributed by atoms with E-state index in [1.807, 2.05) is 12.1 Å². The fraction of sp³-hybridized carbons (Fsp3) is 0.222. The summed E-state index contributed by atoms with van der Waals surface area (Å²) < 4.78 is 0. The molecule has 0 radical (unpaired) electrons. The number of aromatic nitrogens is 1. The second kappa shape index (κ2) is 2.54. The first kappa shape index (κ1) is 7.49. The predicted octanol–water partition coefficient (Wildman–Crippen LogP) is 0.689. The largest absolute Gasteiger partial charge is 0.328 e. The molecular formula is C9H8N4O. The first-order chi connectivity index (χ1) is 6.86. The summed E-state index contributed by atoms with van der Waals surface area (Å²) in [4.78, 5) is 21.6. The number of aliphatic imine (C=N–C) groups is 1. The third-order valence-corrected chi connectivity index (χ3v) is 2.36. The van der Waals surface area contributed by atoms with E-state index in [9.17, 15) is 4.79 Å². The first-order valence-electron chi connectivity index (χ1n) is 4.44. The highest BCUT2D eigenvalue weighted by molar-refractivity contribution is 6.18. The molecule has 1 N–H and O–H groups in total. The van der Waals surface area contributed by atoms with Crippen LogP contribution in [0.1, 0.15) is 5.56 Å². The maximum Gasteiger partial charge on any atom is 0.328 e. The van der Waals surface area contributed by atoms with Gasteiger partial charge in [-0.05, 0) is 12.1 Å². The molecule has 1 aromatic rings. The topological polar surface area (TPSA) is 57.6 Å². The van der Waals surface area contributed by atoms with Gasteiger partial charge in [0.05, 0.1) is 12.1 Å². The summed E-state index contributed by atoms with van der Waals surface area (Å²) >= 11 is 0. The highest BCUT2D eigenvalue weighted by atomic mass is 16.2. The van der Waals surface area contributed by atoms with E-state index in [4.69, 9.17) is 0 Å². The number of carbonyl (C=O) groups excluding carboxylic acids is 1. The van der Waals surface area contributed by atoms with Crippen LogP contribution in [0.5, 0.6) is 0 Å². The summed E-state index contributed by atoms with van der Waals surface area (Å²) in [6.45, 7) is 1.34. The Morgan fingerprint density at radius 1 is 1.50 bits per heavy atom. The Labute approximate surface area is 80.5 Å². The molecule has 2 aliphatic rings. The number of hydrogen-bond acceptors (Lipinski definition) is 3. The Hall–Kier alpha value is -1.91. The number of amidine groups is 1. The molecule has 0 aliphatic carbocycles. The van der Waals surface area contributed by atoms with Crippen LogP contribution in [0.2, 0.25) is 0 Å².